The van der Waals surface area contributed by atoms with Gasteiger partial charge in [-0.25, -0.2) is 0 Å². The first-order valence-electron chi connectivity index (χ1n) is 8.23. The van der Waals surface area contributed by atoms with Crippen LogP contribution in [0.5, 0.6) is 0 Å². The molecular weight excluding hydrogens is 330 g/mol. The summed E-state index contributed by atoms with van der Waals surface area (Å²) in [6.45, 7) is 3.78. The number of ether oxygens (including phenoxy) is 5. The second-order valence-corrected chi connectivity index (χ2v) is 5.48. The van der Waals surface area contributed by atoms with Crippen LogP contribution < -0.4 is 5.32 Å². The third-order valence-electron chi connectivity index (χ3n) is 3.80. The Balaban J connectivity index is 1.77. The maximum absolute atomic E-state index is 12.3. The number of nitrogens with one attached hydrogen (secondary N) is 1. The molecule has 2 heterocycles. The topological polar surface area (TPSA) is 92.3 Å². The van der Waals surface area contributed by atoms with Crippen molar-refractivity contribution in [2.75, 3.05) is 39.6 Å². The molecule has 0 bridgehead atoms. The average Bonchev–Trinajstić information content (AvgIpc) is 3.32. The molecule has 2 aliphatic rings. The van der Waals surface area contributed by atoms with Crippen LogP contribution in [-0.4, -0.2) is 51.5 Å². The van der Waals surface area contributed by atoms with Crippen LogP contribution in [0.15, 0.2) is 18.2 Å². The van der Waals surface area contributed by atoms with Crippen LogP contribution in [0.1, 0.15) is 41.0 Å². The summed E-state index contributed by atoms with van der Waals surface area (Å²) < 4.78 is 27.0. The first kappa shape index (κ1) is 17.8. The lowest BCUT2D eigenvalue weighted by Gasteiger charge is -2.19. The van der Waals surface area contributed by atoms with Gasteiger partial charge in [-0.05, 0) is 19.1 Å². The smallest absolute Gasteiger partial charge is 0.325 e. The molecular formula is C17H21NO7. The van der Waals surface area contributed by atoms with Crippen LogP contribution in [0.3, 0.4) is 0 Å². The van der Waals surface area contributed by atoms with Crippen molar-refractivity contribution in [1.29, 1.82) is 0 Å². The number of esters is 1. The van der Waals surface area contributed by atoms with Crippen LogP contribution >= 0.6 is 0 Å². The Morgan fingerprint density at radius 2 is 1.64 bits per heavy atom. The molecule has 8 heteroatoms. The number of hydrogen-bond acceptors (Lipinski definition) is 7. The van der Waals surface area contributed by atoms with E-state index in [0.29, 0.717) is 37.6 Å². The van der Waals surface area contributed by atoms with Gasteiger partial charge >= 0.3 is 5.97 Å². The maximum Gasteiger partial charge on any atom is 0.325 e. The zero-order valence-electron chi connectivity index (χ0n) is 14.0. The van der Waals surface area contributed by atoms with Crippen molar-refractivity contribution in [2.45, 2.75) is 19.5 Å². The van der Waals surface area contributed by atoms with Gasteiger partial charge in [0.05, 0.1) is 33.0 Å². The summed E-state index contributed by atoms with van der Waals surface area (Å²) in [7, 11) is 0. The molecule has 2 fully saturated rings. The SMILES string of the molecule is CCOC(=O)CNC(=O)c1ccc(C2OCCO2)c(C2OCCO2)c1. The highest BCUT2D eigenvalue weighted by Crippen LogP contribution is 2.34. The van der Waals surface area contributed by atoms with Gasteiger partial charge in [0.1, 0.15) is 6.54 Å². The molecule has 0 spiro atoms. The monoisotopic (exact) mass is 351 g/mol. The highest BCUT2D eigenvalue weighted by Gasteiger charge is 2.29. The van der Waals surface area contributed by atoms with Gasteiger partial charge in [-0.3, -0.25) is 9.59 Å². The Labute approximate surface area is 145 Å². The molecule has 0 unspecified atom stereocenters. The van der Waals surface area contributed by atoms with Crippen molar-refractivity contribution in [3.63, 3.8) is 0 Å². The van der Waals surface area contributed by atoms with Crippen molar-refractivity contribution in [3.05, 3.63) is 34.9 Å². The Kier molecular flexibility index (Phi) is 5.98. The minimum absolute atomic E-state index is 0.185. The number of amides is 1. The van der Waals surface area contributed by atoms with E-state index in [1.807, 2.05) is 0 Å². The molecule has 1 N–H and O–H groups in total. The van der Waals surface area contributed by atoms with Gasteiger partial charge in [-0.1, -0.05) is 6.07 Å². The third-order valence-corrected chi connectivity index (χ3v) is 3.80. The molecule has 8 nitrogen and oxygen atoms in total. The van der Waals surface area contributed by atoms with E-state index in [0.717, 1.165) is 5.56 Å². The quantitative estimate of drug-likeness (QED) is 0.767. The lowest BCUT2D eigenvalue weighted by atomic mass is 10.0. The Hall–Kier alpha value is -2.00. The first-order chi connectivity index (χ1) is 12.2. The molecule has 25 heavy (non-hydrogen) atoms. The standard InChI is InChI=1S/C17H21NO7/c1-2-21-14(19)10-18-15(20)11-3-4-12(16-22-5-6-23-16)13(9-11)17-24-7-8-25-17/h3-4,9,16-17H,2,5-8,10H2,1H3,(H,18,20). The summed E-state index contributed by atoms with van der Waals surface area (Å²) in [5.74, 6) is -0.866. The van der Waals surface area contributed by atoms with Crippen LogP contribution in [-0.2, 0) is 28.5 Å². The van der Waals surface area contributed by atoms with Gasteiger partial charge in [-0.2, -0.15) is 0 Å². The zero-order valence-corrected chi connectivity index (χ0v) is 14.0. The summed E-state index contributed by atoms with van der Waals surface area (Å²) in [4.78, 5) is 23.7. The first-order valence-corrected chi connectivity index (χ1v) is 8.23. The number of carbonyl (C=O) groups is 2. The minimum Gasteiger partial charge on any atom is -0.465 e. The zero-order chi connectivity index (χ0) is 17.6. The molecule has 0 aromatic heterocycles. The van der Waals surface area contributed by atoms with E-state index in [1.54, 1.807) is 25.1 Å². The van der Waals surface area contributed by atoms with Crippen LogP contribution in [0.2, 0.25) is 0 Å². The Morgan fingerprint density at radius 1 is 1.04 bits per heavy atom. The van der Waals surface area contributed by atoms with Gasteiger partial charge in [0.25, 0.3) is 5.91 Å². The summed E-state index contributed by atoms with van der Waals surface area (Å²) >= 11 is 0. The van der Waals surface area contributed by atoms with E-state index in [9.17, 15) is 9.59 Å². The number of benzene rings is 1. The fourth-order valence-corrected chi connectivity index (χ4v) is 2.68. The second-order valence-electron chi connectivity index (χ2n) is 5.48. The lowest BCUT2D eigenvalue weighted by molar-refractivity contribution is -0.141. The number of hydrogen-bond donors (Lipinski definition) is 1. The minimum atomic E-state index is -0.569. The summed E-state index contributed by atoms with van der Waals surface area (Å²) in [5.41, 5.74) is 1.85. The Bertz CT molecular complexity index is 621. The van der Waals surface area contributed by atoms with Crippen molar-refractivity contribution in [2.24, 2.45) is 0 Å². The molecule has 2 aliphatic heterocycles. The van der Waals surface area contributed by atoms with E-state index >= 15 is 0 Å². The van der Waals surface area contributed by atoms with Crippen molar-refractivity contribution >= 4 is 11.9 Å². The molecule has 1 aromatic rings. The average molecular weight is 351 g/mol. The van der Waals surface area contributed by atoms with Crippen LogP contribution in [0.25, 0.3) is 0 Å². The van der Waals surface area contributed by atoms with E-state index in [2.05, 4.69) is 5.32 Å². The summed E-state index contributed by atoms with van der Waals surface area (Å²) in [6, 6.07) is 5.09. The molecule has 0 aliphatic carbocycles. The Morgan fingerprint density at radius 3 is 2.24 bits per heavy atom. The van der Waals surface area contributed by atoms with Gasteiger partial charge in [0.15, 0.2) is 12.6 Å². The third kappa shape index (κ3) is 4.35. The van der Waals surface area contributed by atoms with Crippen LogP contribution in [0, 0.1) is 0 Å². The van der Waals surface area contributed by atoms with E-state index < -0.39 is 18.5 Å². The van der Waals surface area contributed by atoms with Gasteiger partial charge in [-0.15, -0.1) is 0 Å². The van der Waals surface area contributed by atoms with Crippen molar-refractivity contribution in [3.8, 4) is 0 Å². The van der Waals surface area contributed by atoms with Gasteiger partial charge in [0.2, 0.25) is 0 Å². The molecule has 2 saturated heterocycles. The fraction of sp³-hybridized carbons (Fsp3) is 0.529. The predicted octanol–water partition coefficient (Wildman–Crippen LogP) is 1.07. The van der Waals surface area contributed by atoms with Crippen molar-refractivity contribution < 1.29 is 33.3 Å². The molecule has 1 aromatic carbocycles. The van der Waals surface area contributed by atoms with Crippen LogP contribution in [0.4, 0.5) is 0 Å². The summed E-state index contributed by atoms with van der Waals surface area (Å²) in [5, 5.41) is 2.53. The fourth-order valence-electron chi connectivity index (χ4n) is 2.68. The molecule has 1 amide bonds. The van der Waals surface area contributed by atoms with Gasteiger partial charge in [0, 0.05) is 16.7 Å². The molecule has 0 atom stereocenters. The predicted molar refractivity (Wildman–Crippen MR) is 84.7 cm³/mol. The van der Waals surface area contributed by atoms with Gasteiger partial charge < -0.3 is 29.0 Å². The molecule has 3 rings (SSSR count). The highest BCUT2D eigenvalue weighted by molar-refractivity contribution is 5.96. The lowest BCUT2D eigenvalue weighted by Crippen LogP contribution is -2.30. The van der Waals surface area contributed by atoms with E-state index in [-0.39, 0.29) is 19.1 Å². The highest BCUT2D eigenvalue weighted by atomic mass is 16.7. The van der Waals surface area contributed by atoms with E-state index in [1.165, 1.54) is 0 Å². The van der Waals surface area contributed by atoms with Crippen molar-refractivity contribution in [1.82, 2.24) is 5.32 Å². The number of carbonyl (C=O) groups excluding carboxylic acids is 2. The summed E-state index contributed by atoms with van der Waals surface area (Å²) in [6.07, 6.45) is -1.07. The van der Waals surface area contributed by atoms with E-state index in [4.69, 9.17) is 23.7 Å². The second kappa shape index (κ2) is 8.39. The molecule has 0 radical (unpaired) electrons. The molecule has 136 valence electrons. The largest absolute Gasteiger partial charge is 0.465 e. The molecule has 0 saturated carbocycles. The maximum atomic E-state index is 12.3. The normalized spacial score (nSPS) is 18.4. The number of rotatable bonds is 6.